The van der Waals surface area contributed by atoms with E-state index in [0.717, 1.165) is 12.0 Å². The Bertz CT molecular complexity index is 340. The van der Waals surface area contributed by atoms with E-state index < -0.39 is 0 Å². The number of methoxy groups -OCH3 is 1. The molecular weight excluding hydrogens is 178 g/mol. The van der Waals surface area contributed by atoms with Crippen molar-refractivity contribution < 1.29 is 9.53 Å². The van der Waals surface area contributed by atoms with Gasteiger partial charge >= 0.3 is 0 Å². The number of nitrogens with zero attached hydrogens (tertiary/aromatic N) is 1. The Morgan fingerprint density at radius 2 is 1.93 bits per heavy atom. The molecule has 0 aliphatic heterocycles. The van der Waals surface area contributed by atoms with Crippen molar-refractivity contribution in [2.45, 2.75) is 0 Å². The van der Waals surface area contributed by atoms with Gasteiger partial charge < -0.3 is 4.74 Å². The molecule has 76 valence electrons. The summed E-state index contributed by atoms with van der Waals surface area (Å²) in [5.74, 6) is 0.630. The molecule has 0 unspecified atom stereocenters. The molecule has 1 rings (SSSR count). The van der Waals surface area contributed by atoms with Crippen molar-refractivity contribution in [3.8, 4) is 5.75 Å². The van der Waals surface area contributed by atoms with E-state index in [0.29, 0.717) is 15.8 Å². The maximum absolute atomic E-state index is 10.7. The Hall–Kier alpha value is -1.35. The largest absolute Gasteiger partial charge is 0.496 e. The molecule has 3 heteroatoms. The van der Waals surface area contributed by atoms with Crippen molar-refractivity contribution in [2.24, 2.45) is 0 Å². The summed E-state index contributed by atoms with van der Waals surface area (Å²) in [6.07, 6.45) is 0.804. The molecular formula is C11H16NO2+. The molecule has 0 atom stereocenters. The zero-order chi connectivity index (χ0) is 10.8. The summed E-state index contributed by atoms with van der Waals surface area (Å²) >= 11 is 0. The van der Waals surface area contributed by atoms with Gasteiger partial charge in [0.05, 0.1) is 33.8 Å². The van der Waals surface area contributed by atoms with Crippen LogP contribution in [0.25, 0.3) is 0 Å². The summed E-state index contributed by atoms with van der Waals surface area (Å²) in [5, 5.41) is 0. The number of hydrogen-bond acceptors (Lipinski definition) is 2. The van der Waals surface area contributed by atoms with Gasteiger partial charge in [0.1, 0.15) is 11.4 Å². The molecule has 0 radical (unpaired) electrons. The second kappa shape index (κ2) is 3.80. The van der Waals surface area contributed by atoms with Crippen LogP contribution < -0.4 is 9.22 Å². The molecule has 0 fully saturated rings. The topological polar surface area (TPSA) is 26.3 Å². The van der Waals surface area contributed by atoms with E-state index in [-0.39, 0.29) is 0 Å². The molecule has 14 heavy (non-hydrogen) atoms. The molecule has 0 saturated carbocycles. The van der Waals surface area contributed by atoms with Crippen LogP contribution in [0.15, 0.2) is 18.2 Å². The second-order valence-electron chi connectivity index (χ2n) is 4.06. The first-order chi connectivity index (χ1) is 6.49. The first-order valence-electron chi connectivity index (χ1n) is 4.44. The van der Waals surface area contributed by atoms with Crippen molar-refractivity contribution in [3.63, 3.8) is 0 Å². The van der Waals surface area contributed by atoms with Crippen LogP contribution in [0.3, 0.4) is 0 Å². The molecule has 0 aromatic heterocycles. The SMILES string of the molecule is COc1cc([N+](C)(C)C)ccc1C=O. The number of rotatable bonds is 3. The first-order valence-corrected chi connectivity index (χ1v) is 4.44. The third kappa shape index (κ3) is 2.12. The van der Waals surface area contributed by atoms with E-state index in [2.05, 4.69) is 21.1 Å². The molecule has 0 aliphatic rings. The first kappa shape index (κ1) is 10.7. The highest BCUT2D eigenvalue weighted by atomic mass is 16.5. The summed E-state index contributed by atoms with van der Waals surface area (Å²) < 4.78 is 5.83. The van der Waals surface area contributed by atoms with Crippen molar-refractivity contribution >= 4 is 12.0 Å². The highest BCUT2D eigenvalue weighted by Gasteiger charge is 2.14. The monoisotopic (exact) mass is 194 g/mol. The number of ether oxygens (including phenoxy) is 1. The van der Waals surface area contributed by atoms with Gasteiger partial charge in [-0.3, -0.25) is 9.28 Å². The zero-order valence-electron chi connectivity index (χ0n) is 9.07. The average molecular weight is 194 g/mol. The van der Waals surface area contributed by atoms with Crippen LogP contribution in [0.1, 0.15) is 10.4 Å². The Morgan fingerprint density at radius 3 is 2.36 bits per heavy atom. The van der Waals surface area contributed by atoms with E-state index in [9.17, 15) is 4.79 Å². The zero-order valence-corrected chi connectivity index (χ0v) is 9.07. The predicted octanol–water partition coefficient (Wildman–Crippen LogP) is 1.70. The van der Waals surface area contributed by atoms with Gasteiger partial charge in [-0.2, -0.15) is 0 Å². The number of carbonyl (C=O) groups excluding carboxylic acids is 1. The number of quaternary nitrogens is 1. The maximum atomic E-state index is 10.7. The minimum atomic E-state index is 0.588. The summed E-state index contributed by atoms with van der Waals surface area (Å²) in [4.78, 5) is 10.7. The molecule has 0 spiro atoms. The summed E-state index contributed by atoms with van der Waals surface area (Å²) in [7, 11) is 7.77. The Kier molecular flexibility index (Phi) is 2.91. The molecule has 1 aromatic rings. The van der Waals surface area contributed by atoms with Crippen molar-refractivity contribution in [3.05, 3.63) is 23.8 Å². The summed E-state index contributed by atoms with van der Waals surface area (Å²) in [6, 6.07) is 5.61. The fourth-order valence-corrected chi connectivity index (χ4v) is 1.21. The van der Waals surface area contributed by atoms with Crippen molar-refractivity contribution in [1.82, 2.24) is 4.48 Å². The van der Waals surface area contributed by atoms with Gasteiger partial charge in [0.15, 0.2) is 6.29 Å². The lowest BCUT2D eigenvalue weighted by molar-refractivity contribution is 0.112. The average Bonchev–Trinajstić information content (AvgIpc) is 2.15. The predicted molar refractivity (Wildman–Crippen MR) is 57.9 cm³/mol. The quantitative estimate of drug-likeness (QED) is 0.541. The highest BCUT2D eigenvalue weighted by molar-refractivity contribution is 5.80. The number of hydrogen-bond donors (Lipinski definition) is 0. The van der Waals surface area contributed by atoms with E-state index in [1.54, 1.807) is 13.2 Å². The smallest absolute Gasteiger partial charge is 0.153 e. The van der Waals surface area contributed by atoms with Crippen LogP contribution in [-0.4, -0.2) is 34.5 Å². The summed E-state index contributed by atoms with van der Waals surface area (Å²) in [6.45, 7) is 0. The van der Waals surface area contributed by atoms with Crippen LogP contribution in [0.2, 0.25) is 0 Å². The van der Waals surface area contributed by atoms with Gasteiger partial charge in [0.25, 0.3) is 0 Å². The number of carbonyl (C=O) groups is 1. The highest BCUT2D eigenvalue weighted by Crippen LogP contribution is 2.25. The molecule has 0 bridgehead atoms. The lowest BCUT2D eigenvalue weighted by Crippen LogP contribution is -2.34. The molecule has 0 amide bonds. The fraction of sp³-hybridized carbons (Fsp3) is 0.364. The molecule has 0 heterocycles. The van der Waals surface area contributed by atoms with Gasteiger partial charge in [0, 0.05) is 12.1 Å². The second-order valence-corrected chi connectivity index (χ2v) is 4.06. The maximum Gasteiger partial charge on any atom is 0.153 e. The van der Waals surface area contributed by atoms with Gasteiger partial charge in [-0.25, -0.2) is 0 Å². The van der Waals surface area contributed by atoms with Crippen LogP contribution in [-0.2, 0) is 0 Å². The standard InChI is InChI=1S/C11H16NO2/c1-12(2,3)10-6-5-9(8-13)11(7-10)14-4/h5-8H,1-4H3/q+1. The normalized spacial score (nSPS) is 11.1. The van der Waals surface area contributed by atoms with Gasteiger partial charge in [-0.05, 0) is 6.07 Å². The van der Waals surface area contributed by atoms with Crippen LogP contribution in [0.4, 0.5) is 5.69 Å². The van der Waals surface area contributed by atoms with Gasteiger partial charge in [-0.15, -0.1) is 0 Å². The van der Waals surface area contributed by atoms with Gasteiger partial charge in [0.2, 0.25) is 0 Å². The Morgan fingerprint density at radius 1 is 1.29 bits per heavy atom. The lowest BCUT2D eigenvalue weighted by atomic mass is 10.2. The number of aldehydes is 1. The third-order valence-electron chi connectivity index (χ3n) is 2.12. The summed E-state index contributed by atoms with van der Waals surface area (Å²) in [5.41, 5.74) is 1.69. The number of benzene rings is 1. The van der Waals surface area contributed by atoms with E-state index in [4.69, 9.17) is 4.74 Å². The van der Waals surface area contributed by atoms with Gasteiger partial charge in [-0.1, -0.05) is 0 Å². The Labute approximate surface area is 84.5 Å². The fourth-order valence-electron chi connectivity index (χ4n) is 1.21. The molecule has 3 nitrogen and oxygen atoms in total. The van der Waals surface area contributed by atoms with E-state index >= 15 is 0 Å². The van der Waals surface area contributed by atoms with Crippen molar-refractivity contribution in [1.29, 1.82) is 0 Å². The lowest BCUT2D eigenvalue weighted by Gasteiger charge is -2.23. The van der Waals surface area contributed by atoms with E-state index in [1.165, 1.54) is 0 Å². The van der Waals surface area contributed by atoms with Crippen LogP contribution in [0, 0.1) is 0 Å². The molecule has 1 aromatic carbocycles. The van der Waals surface area contributed by atoms with Crippen LogP contribution in [0.5, 0.6) is 5.75 Å². The minimum absolute atomic E-state index is 0.588. The molecule has 0 aliphatic carbocycles. The molecule has 0 saturated heterocycles. The Balaban J connectivity index is 3.21. The van der Waals surface area contributed by atoms with Crippen LogP contribution >= 0.6 is 0 Å². The third-order valence-corrected chi connectivity index (χ3v) is 2.12. The molecule has 0 N–H and O–H groups in total. The van der Waals surface area contributed by atoms with E-state index in [1.807, 2.05) is 12.1 Å². The van der Waals surface area contributed by atoms with Crippen molar-refractivity contribution in [2.75, 3.05) is 28.3 Å². The minimum Gasteiger partial charge on any atom is -0.496 e.